The van der Waals surface area contributed by atoms with Crippen LogP contribution >= 0.6 is 0 Å². The van der Waals surface area contributed by atoms with E-state index in [4.69, 9.17) is 4.74 Å². The lowest BCUT2D eigenvalue weighted by Crippen LogP contribution is -2.48. The normalized spacial score (nSPS) is 30.8. The number of anilines is 1. The van der Waals surface area contributed by atoms with E-state index in [9.17, 15) is 18.8 Å². The average Bonchev–Trinajstić information content (AvgIpc) is 2.58. The Morgan fingerprint density at radius 1 is 1.07 bits per heavy atom. The number of rotatable bonds is 5. The van der Waals surface area contributed by atoms with Crippen molar-refractivity contribution in [2.75, 3.05) is 11.9 Å². The zero-order chi connectivity index (χ0) is 19.1. The molecule has 0 aromatic heterocycles. The molecule has 5 nitrogen and oxygen atoms in total. The Hall–Kier alpha value is -2.24. The number of ether oxygens (including phenoxy) is 1. The lowest BCUT2D eigenvalue weighted by molar-refractivity contribution is -0.161. The molecule has 6 heteroatoms. The number of esters is 1. The van der Waals surface area contributed by atoms with Gasteiger partial charge in [-0.2, -0.15) is 0 Å². The van der Waals surface area contributed by atoms with Crippen molar-refractivity contribution in [1.29, 1.82) is 0 Å². The molecule has 0 heterocycles. The second-order valence-corrected chi connectivity index (χ2v) is 8.36. The molecular formula is C21H24FNO4. The van der Waals surface area contributed by atoms with Crippen LogP contribution in [-0.4, -0.2) is 24.3 Å². The van der Waals surface area contributed by atoms with Crippen LogP contribution in [-0.2, 0) is 14.3 Å². The summed E-state index contributed by atoms with van der Waals surface area (Å²) in [6, 6.07) is 3.85. The molecule has 144 valence electrons. The van der Waals surface area contributed by atoms with Gasteiger partial charge in [0.15, 0.2) is 6.61 Å². The largest absolute Gasteiger partial charge is 0.457 e. The Balaban J connectivity index is 1.36. The highest BCUT2D eigenvalue weighted by molar-refractivity contribution is 5.99. The molecule has 1 aromatic carbocycles. The van der Waals surface area contributed by atoms with Crippen molar-refractivity contribution in [3.8, 4) is 0 Å². The molecule has 4 fully saturated rings. The number of carbonyl (C=O) groups excluding carboxylic acids is 3. The number of hydrogen-bond acceptors (Lipinski definition) is 4. The van der Waals surface area contributed by atoms with Gasteiger partial charge in [-0.05, 0) is 74.0 Å². The fourth-order valence-electron chi connectivity index (χ4n) is 5.64. The van der Waals surface area contributed by atoms with E-state index in [1.54, 1.807) is 0 Å². The van der Waals surface area contributed by atoms with Gasteiger partial charge in [-0.25, -0.2) is 4.39 Å². The predicted octanol–water partition coefficient (Wildman–Crippen LogP) is 3.58. The van der Waals surface area contributed by atoms with Gasteiger partial charge in [-0.1, -0.05) is 0 Å². The average molecular weight is 373 g/mol. The Kier molecular flexibility index (Phi) is 4.74. The van der Waals surface area contributed by atoms with Crippen LogP contribution in [0.4, 0.5) is 10.1 Å². The molecule has 0 saturated heterocycles. The number of Topliss-reactive ketones (excluding diaryl/α,β-unsaturated/α-hetero) is 1. The summed E-state index contributed by atoms with van der Waals surface area (Å²) in [5.74, 6) is 0.262. The molecule has 4 saturated carbocycles. The first-order valence-electron chi connectivity index (χ1n) is 9.67. The highest BCUT2D eigenvalue weighted by atomic mass is 19.1. The summed E-state index contributed by atoms with van der Waals surface area (Å²) in [6.07, 6.45) is 5.70. The third kappa shape index (κ3) is 3.62. The highest BCUT2D eigenvalue weighted by Crippen LogP contribution is 2.56. The van der Waals surface area contributed by atoms with Gasteiger partial charge in [0.1, 0.15) is 5.82 Å². The predicted molar refractivity (Wildman–Crippen MR) is 96.5 cm³/mol. The van der Waals surface area contributed by atoms with E-state index in [2.05, 4.69) is 5.32 Å². The van der Waals surface area contributed by atoms with E-state index in [-0.39, 0.29) is 29.0 Å². The molecule has 4 bridgehead atoms. The lowest BCUT2D eigenvalue weighted by Gasteiger charge is -2.53. The summed E-state index contributed by atoms with van der Waals surface area (Å²) in [4.78, 5) is 35.9. The maximum atomic E-state index is 14.2. The monoisotopic (exact) mass is 373 g/mol. The summed E-state index contributed by atoms with van der Waals surface area (Å²) in [7, 11) is 0. The fourth-order valence-corrected chi connectivity index (χ4v) is 5.64. The van der Waals surface area contributed by atoms with Crippen molar-refractivity contribution in [3.05, 3.63) is 29.6 Å². The van der Waals surface area contributed by atoms with Gasteiger partial charge >= 0.3 is 5.97 Å². The number of carbonyl (C=O) groups is 3. The third-order valence-electron chi connectivity index (χ3n) is 6.43. The molecule has 0 unspecified atom stereocenters. The van der Waals surface area contributed by atoms with Gasteiger partial charge in [0.2, 0.25) is 11.7 Å². The number of halogens is 1. The minimum absolute atomic E-state index is 0.0995. The zero-order valence-electron chi connectivity index (χ0n) is 15.4. The standard InChI is InChI=1S/C21H24FNO4/c1-11(24)23-16-2-3-17(18(22)9-16)19(25)10-27-21(26)20-14-5-12-4-13(7-14)8-15(20)6-12/h2-3,9,12-15,20H,4-8,10H2,1H3,(H,23,24). The maximum Gasteiger partial charge on any atom is 0.309 e. The molecular weight excluding hydrogens is 349 g/mol. The molecule has 0 aliphatic heterocycles. The Morgan fingerprint density at radius 2 is 1.70 bits per heavy atom. The molecule has 27 heavy (non-hydrogen) atoms. The summed E-state index contributed by atoms with van der Waals surface area (Å²) < 4.78 is 19.5. The molecule has 0 atom stereocenters. The minimum Gasteiger partial charge on any atom is -0.457 e. The summed E-state index contributed by atoms with van der Waals surface area (Å²) in [5.41, 5.74) is 0.143. The van der Waals surface area contributed by atoms with Crippen molar-refractivity contribution in [1.82, 2.24) is 0 Å². The van der Waals surface area contributed by atoms with E-state index in [0.29, 0.717) is 11.8 Å². The number of ketones is 1. The molecule has 5 rings (SSSR count). The van der Waals surface area contributed by atoms with Gasteiger partial charge < -0.3 is 10.1 Å². The Labute approximate surface area is 157 Å². The van der Waals surface area contributed by atoms with Crippen LogP contribution in [0.1, 0.15) is 49.4 Å². The van der Waals surface area contributed by atoms with Gasteiger partial charge in [0, 0.05) is 12.6 Å². The van der Waals surface area contributed by atoms with Gasteiger partial charge in [-0.15, -0.1) is 0 Å². The van der Waals surface area contributed by atoms with Crippen LogP contribution in [0.5, 0.6) is 0 Å². The summed E-state index contributed by atoms with van der Waals surface area (Å²) in [6.45, 7) is 0.874. The molecule has 4 aliphatic rings. The van der Waals surface area contributed by atoms with Gasteiger partial charge in [-0.3, -0.25) is 14.4 Å². The first kappa shape index (κ1) is 18.1. The molecule has 0 spiro atoms. The van der Waals surface area contributed by atoms with Gasteiger partial charge in [0.25, 0.3) is 0 Å². The lowest BCUT2D eigenvalue weighted by atomic mass is 9.52. The first-order valence-corrected chi connectivity index (χ1v) is 9.67. The smallest absolute Gasteiger partial charge is 0.309 e. The van der Waals surface area contributed by atoms with Crippen LogP contribution in [0.15, 0.2) is 18.2 Å². The van der Waals surface area contributed by atoms with E-state index in [1.807, 2.05) is 0 Å². The van der Waals surface area contributed by atoms with E-state index in [1.165, 1.54) is 25.5 Å². The second kappa shape index (κ2) is 7.06. The van der Waals surface area contributed by atoms with Crippen LogP contribution in [0.25, 0.3) is 0 Å². The van der Waals surface area contributed by atoms with E-state index < -0.39 is 18.2 Å². The highest BCUT2D eigenvalue weighted by Gasteiger charge is 2.51. The van der Waals surface area contributed by atoms with Crippen LogP contribution in [0.3, 0.4) is 0 Å². The third-order valence-corrected chi connectivity index (χ3v) is 6.43. The fraction of sp³-hybridized carbons (Fsp3) is 0.571. The summed E-state index contributed by atoms with van der Waals surface area (Å²) in [5, 5.41) is 2.46. The SMILES string of the molecule is CC(=O)Nc1ccc(C(=O)COC(=O)C2C3CC4CC(C3)CC2C4)c(F)c1. The molecule has 0 radical (unpaired) electrons. The molecule has 1 N–H and O–H groups in total. The Bertz CT molecular complexity index is 762. The topological polar surface area (TPSA) is 72.5 Å². The Morgan fingerprint density at radius 3 is 2.26 bits per heavy atom. The van der Waals surface area contributed by atoms with Crippen LogP contribution in [0.2, 0.25) is 0 Å². The zero-order valence-corrected chi connectivity index (χ0v) is 15.4. The van der Waals surface area contributed by atoms with Crippen LogP contribution in [0, 0.1) is 35.4 Å². The first-order chi connectivity index (χ1) is 12.9. The molecule has 1 aromatic rings. The van der Waals surface area contributed by atoms with E-state index in [0.717, 1.165) is 43.6 Å². The van der Waals surface area contributed by atoms with Crippen LogP contribution < -0.4 is 5.32 Å². The summed E-state index contributed by atoms with van der Waals surface area (Å²) >= 11 is 0. The maximum absolute atomic E-state index is 14.2. The number of nitrogens with one attached hydrogen (secondary N) is 1. The molecule has 1 amide bonds. The quantitative estimate of drug-likeness (QED) is 0.632. The minimum atomic E-state index is -0.739. The second-order valence-electron chi connectivity index (χ2n) is 8.36. The van der Waals surface area contributed by atoms with Crippen molar-refractivity contribution < 1.29 is 23.5 Å². The van der Waals surface area contributed by atoms with E-state index >= 15 is 0 Å². The van der Waals surface area contributed by atoms with Crippen molar-refractivity contribution in [2.45, 2.75) is 39.0 Å². The van der Waals surface area contributed by atoms with Crippen molar-refractivity contribution >= 4 is 23.3 Å². The van der Waals surface area contributed by atoms with Crippen molar-refractivity contribution in [3.63, 3.8) is 0 Å². The molecule has 4 aliphatic carbocycles. The number of benzene rings is 1. The van der Waals surface area contributed by atoms with Crippen molar-refractivity contribution in [2.24, 2.45) is 29.6 Å². The number of hydrogen-bond donors (Lipinski definition) is 1. The van der Waals surface area contributed by atoms with Gasteiger partial charge in [0.05, 0.1) is 11.5 Å². The number of amides is 1.